The number of para-hydroxylation sites is 1. The van der Waals surface area contributed by atoms with Gasteiger partial charge in [0.2, 0.25) is 0 Å². The minimum Gasteiger partial charge on any atom is -0.352 e. The summed E-state index contributed by atoms with van der Waals surface area (Å²) in [7, 11) is 0. The van der Waals surface area contributed by atoms with Gasteiger partial charge in [-0.1, -0.05) is 31.0 Å². The zero-order valence-corrected chi connectivity index (χ0v) is 11.6. The van der Waals surface area contributed by atoms with Crippen LogP contribution in [0.3, 0.4) is 0 Å². The number of nitrogens with zero attached hydrogens (tertiary/aromatic N) is 1. The number of carbonyl (C=O) groups is 1. The van der Waals surface area contributed by atoms with Crippen molar-refractivity contribution in [2.45, 2.75) is 25.7 Å². The Balaban J connectivity index is 1.91. The summed E-state index contributed by atoms with van der Waals surface area (Å²) >= 11 is 0. The fraction of sp³-hybridized carbons (Fsp3) is 0.375. The van der Waals surface area contributed by atoms with Gasteiger partial charge in [-0.25, -0.2) is 0 Å². The third kappa shape index (κ3) is 3.78. The van der Waals surface area contributed by atoms with E-state index < -0.39 is 0 Å². The minimum atomic E-state index is -0.0255. The van der Waals surface area contributed by atoms with Crippen molar-refractivity contribution in [1.29, 1.82) is 0 Å². The van der Waals surface area contributed by atoms with Gasteiger partial charge < -0.3 is 11.1 Å². The SMILES string of the molecule is NCCCCCCNC(=O)c1ccnc2ccccc12. The molecule has 2 rings (SSSR count). The molecule has 0 atom stereocenters. The molecule has 106 valence electrons. The van der Waals surface area contributed by atoms with Crippen molar-refractivity contribution in [3.05, 3.63) is 42.1 Å². The molecule has 1 aromatic heterocycles. The molecule has 20 heavy (non-hydrogen) atoms. The second-order valence-electron chi connectivity index (χ2n) is 4.83. The van der Waals surface area contributed by atoms with E-state index in [1.807, 2.05) is 24.3 Å². The van der Waals surface area contributed by atoms with Gasteiger partial charge in [0.05, 0.1) is 11.1 Å². The van der Waals surface area contributed by atoms with E-state index in [0.29, 0.717) is 12.1 Å². The summed E-state index contributed by atoms with van der Waals surface area (Å²) in [4.78, 5) is 16.5. The standard InChI is InChI=1S/C16H21N3O/c17-10-5-1-2-6-11-19-16(20)14-9-12-18-15-8-4-3-7-13(14)15/h3-4,7-9,12H,1-2,5-6,10-11,17H2,(H,19,20). The number of aromatic nitrogens is 1. The predicted octanol–water partition coefficient (Wildman–Crippen LogP) is 2.48. The van der Waals surface area contributed by atoms with Crippen molar-refractivity contribution in [2.75, 3.05) is 13.1 Å². The molecule has 1 amide bonds. The van der Waals surface area contributed by atoms with Crippen LogP contribution in [0.25, 0.3) is 10.9 Å². The zero-order chi connectivity index (χ0) is 14.2. The Morgan fingerprint density at radius 3 is 2.75 bits per heavy atom. The van der Waals surface area contributed by atoms with E-state index >= 15 is 0 Å². The van der Waals surface area contributed by atoms with Gasteiger partial charge in [-0.3, -0.25) is 9.78 Å². The Kier molecular flexibility index (Phi) is 5.50. The summed E-state index contributed by atoms with van der Waals surface area (Å²) in [5.41, 5.74) is 6.99. The largest absolute Gasteiger partial charge is 0.352 e. The number of unbranched alkanes of at least 4 members (excludes halogenated alkanes) is 3. The van der Waals surface area contributed by atoms with Crippen LogP contribution in [-0.2, 0) is 0 Å². The van der Waals surface area contributed by atoms with E-state index in [4.69, 9.17) is 5.73 Å². The van der Waals surface area contributed by atoms with Gasteiger partial charge in [-0.15, -0.1) is 0 Å². The maximum Gasteiger partial charge on any atom is 0.252 e. The highest BCUT2D eigenvalue weighted by Crippen LogP contribution is 2.15. The monoisotopic (exact) mass is 271 g/mol. The lowest BCUT2D eigenvalue weighted by Crippen LogP contribution is -2.24. The molecule has 0 fully saturated rings. The molecule has 0 unspecified atom stereocenters. The number of carbonyl (C=O) groups excluding carboxylic acids is 1. The molecule has 0 saturated heterocycles. The molecule has 0 radical (unpaired) electrons. The highest BCUT2D eigenvalue weighted by molar-refractivity contribution is 6.05. The van der Waals surface area contributed by atoms with Crippen LogP contribution < -0.4 is 11.1 Å². The molecule has 1 heterocycles. The second-order valence-corrected chi connectivity index (χ2v) is 4.83. The quantitative estimate of drug-likeness (QED) is 0.760. The number of hydrogen-bond donors (Lipinski definition) is 2. The molecule has 4 nitrogen and oxygen atoms in total. The van der Waals surface area contributed by atoms with E-state index in [0.717, 1.165) is 43.1 Å². The molecule has 0 aliphatic heterocycles. The maximum atomic E-state index is 12.2. The number of benzene rings is 1. The third-order valence-electron chi connectivity index (χ3n) is 3.31. The normalized spacial score (nSPS) is 10.7. The fourth-order valence-corrected chi connectivity index (χ4v) is 2.21. The fourth-order valence-electron chi connectivity index (χ4n) is 2.21. The van der Waals surface area contributed by atoms with Gasteiger partial charge in [0.15, 0.2) is 0 Å². The Morgan fingerprint density at radius 2 is 1.90 bits per heavy atom. The number of nitrogens with two attached hydrogens (primary N) is 1. The van der Waals surface area contributed by atoms with Gasteiger partial charge in [-0.2, -0.15) is 0 Å². The zero-order valence-electron chi connectivity index (χ0n) is 11.6. The van der Waals surface area contributed by atoms with Gasteiger partial charge in [0.25, 0.3) is 5.91 Å². The average Bonchev–Trinajstić information content (AvgIpc) is 2.50. The lowest BCUT2D eigenvalue weighted by atomic mass is 10.1. The number of nitrogens with one attached hydrogen (secondary N) is 1. The maximum absolute atomic E-state index is 12.2. The highest BCUT2D eigenvalue weighted by atomic mass is 16.1. The molecule has 0 spiro atoms. The van der Waals surface area contributed by atoms with Crippen molar-refractivity contribution in [1.82, 2.24) is 10.3 Å². The number of pyridine rings is 1. The Bertz CT molecular complexity index is 563. The van der Waals surface area contributed by atoms with E-state index in [-0.39, 0.29) is 5.91 Å². The van der Waals surface area contributed by atoms with Gasteiger partial charge in [0.1, 0.15) is 0 Å². The van der Waals surface area contributed by atoms with Crippen LogP contribution in [0.2, 0.25) is 0 Å². The van der Waals surface area contributed by atoms with Crippen LogP contribution in [-0.4, -0.2) is 24.0 Å². The Morgan fingerprint density at radius 1 is 1.10 bits per heavy atom. The first-order chi connectivity index (χ1) is 9.83. The lowest BCUT2D eigenvalue weighted by Gasteiger charge is -2.07. The lowest BCUT2D eigenvalue weighted by molar-refractivity contribution is 0.0954. The summed E-state index contributed by atoms with van der Waals surface area (Å²) in [5, 5.41) is 3.87. The topological polar surface area (TPSA) is 68.0 Å². The summed E-state index contributed by atoms with van der Waals surface area (Å²) in [6.45, 7) is 1.45. The Hall–Kier alpha value is -1.94. The molecular formula is C16H21N3O. The highest BCUT2D eigenvalue weighted by Gasteiger charge is 2.09. The van der Waals surface area contributed by atoms with Crippen molar-refractivity contribution < 1.29 is 4.79 Å². The molecular weight excluding hydrogens is 250 g/mol. The molecule has 3 N–H and O–H groups in total. The van der Waals surface area contributed by atoms with Crippen LogP contribution in [0, 0.1) is 0 Å². The van der Waals surface area contributed by atoms with Crippen molar-refractivity contribution >= 4 is 16.8 Å². The van der Waals surface area contributed by atoms with Crippen molar-refractivity contribution in [3.8, 4) is 0 Å². The van der Waals surface area contributed by atoms with Crippen LogP contribution in [0.1, 0.15) is 36.0 Å². The van der Waals surface area contributed by atoms with E-state index in [2.05, 4.69) is 10.3 Å². The molecule has 1 aromatic carbocycles. The predicted molar refractivity (Wildman–Crippen MR) is 81.6 cm³/mol. The number of rotatable bonds is 7. The summed E-state index contributed by atoms with van der Waals surface area (Å²) in [6, 6.07) is 9.46. The molecule has 0 bridgehead atoms. The third-order valence-corrected chi connectivity index (χ3v) is 3.31. The Labute approximate surface area is 119 Å². The molecule has 4 heteroatoms. The minimum absolute atomic E-state index is 0.0255. The molecule has 2 aromatic rings. The number of amides is 1. The molecule has 0 aliphatic rings. The van der Waals surface area contributed by atoms with Crippen LogP contribution in [0.5, 0.6) is 0 Å². The molecule has 0 aliphatic carbocycles. The first-order valence-corrected chi connectivity index (χ1v) is 7.15. The van der Waals surface area contributed by atoms with Crippen LogP contribution in [0.15, 0.2) is 36.5 Å². The smallest absolute Gasteiger partial charge is 0.252 e. The van der Waals surface area contributed by atoms with Crippen molar-refractivity contribution in [3.63, 3.8) is 0 Å². The van der Waals surface area contributed by atoms with Crippen LogP contribution in [0.4, 0.5) is 0 Å². The number of hydrogen-bond acceptors (Lipinski definition) is 3. The summed E-state index contributed by atoms with van der Waals surface area (Å²) in [5.74, 6) is -0.0255. The summed E-state index contributed by atoms with van der Waals surface area (Å²) < 4.78 is 0. The van der Waals surface area contributed by atoms with E-state index in [1.165, 1.54) is 0 Å². The molecule has 0 saturated carbocycles. The number of fused-ring (bicyclic) bond motifs is 1. The summed E-state index contributed by atoms with van der Waals surface area (Å²) in [6.07, 6.45) is 5.97. The van der Waals surface area contributed by atoms with E-state index in [9.17, 15) is 4.79 Å². The van der Waals surface area contributed by atoms with Gasteiger partial charge >= 0.3 is 0 Å². The first kappa shape index (κ1) is 14.5. The van der Waals surface area contributed by atoms with E-state index in [1.54, 1.807) is 12.3 Å². The van der Waals surface area contributed by atoms with Crippen molar-refractivity contribution in [2.24, 2.45) is 5.73 Å². The first-order valence-electron chi connectivity index (χ1n) is 7.15. The average molecular weight is 271 g/mol. The van der Waals surface area contributed by atoms with Crippen LogP contribution >= 0.6 is 0 Å². The van der Waals surface area contributed by atoms with Gasteiger partial charge in [0, 0.05) is 18.1 Å². The second kappa shape index (κ2) is 7.60. The van der Waals surface area contributed by atoms with Gasteiger partial charge in [-0.05, 0) is 31.5 Å².